The summed E-state index contributed by atoms with van der Waals surface area (Å²) in [6, 6.07) is 51.0. The van der Waals surface area contributed by atoms with Crippen LogP contribution in [-0.2, 0) is 0 Å². The normalized spacial score (nSPS) is 11.6. The summed E-state index contributed by atoms with van der Waals surface area (Å²) in [5, 5.41) is 0. The number of rotatable bonds is 7. The lowest BCUT2D eigenvalue weighted by Gasteiger charge is -2.17. The third-order valence-electron chi connectivity index (χ3n) is 9.37. The fraction of sp³-hybridized carbons (Fsp3) is 0.133. The Morgan fingerprint density at radius 2 is 0.857 bits per heavy atom. The first kappa shape index (κ1) is 30.5. The van der Waals surface area contributed by atoms with Crippen LogP contribution in [0.4, 0.5) is 0 Å². The number of fused-ring (bicyclic) bond motifs is 2. The first-order valence-corrected chi connectivity index (χ1v) is 17.1. The fourth-order valence-corrected chi connectivity index (χ4v) is 6.82. The number of hydrogen-bond acceptors (Lipinski definition) is 3. The van der Waals surface area contributed by atoms with Crippen LogP contribution in [0.15, 0.2) is 146 Å². The van der Waals surface area contributed by atoms with E-state index in [2.05, 4.69) is 135 Å². The predicted octanol–water partition coefficient (Wildman–Crippen LogP) is 11.9. The molecule has 0 spiro atoms. The summed E-state index contributed by atoms with van der Waals surface area (Å²) in [4.78, 5) is 15.4. The summed E-state index contributed by atoms with van der Waals surface area (Å²) in [5.74, 6) is 1.80. The molecular formula is C45H38N4. The van der Waals surface area contributed by atoms with Gasteiger partial charge >= 0.3 is 0 Å². The molecular weight excluding hydrogens is 597 g/mol. The molecule has 0 fully saturated rings. The second kappa shape index (κ2) is 12.6. The van der Waals surface area contributed by atoms with E-state index in [1.807, 2.05) is 42.5 Å². The number of benzene rings is 6. The molecule has 8 rings (SSSR count). The number of nitrogens with zero attached hydrogens (tertiary/aromatic N) is 4. The Balaban J connectivity index is 1.18. The highest BCUT2D eigenvalue weighted by Crippen LogP contribution is 2.36. The van der Waals surface area contributed by atoms with Crippen molar-refractivity contribution in [3.05, 3.63) is 157 Å². The Morgan fingerprint density at radius 3 is 1.41 bits per heavy atom. The molecule has 238 valence electrons. The van der Waals surface area contributed by atoms with Crippen LogP contribution in [0.1, 0.15) is 50.7 Å². The summed E-state index contributed by atoms with van der Waals surface area (Å²) < 4.78 is 2.31. The molecule has 0 saturated carbocycles. The van der Waals surface area contributed by atoms with Gasteiger partial charge in [-0.3, -0.25) is 4.57 Å². The first-order chi connectivity index (χ1) is 23.9. The lowest BCUT2D eigenvalue weighted by molar-refractivity contribution is 0.792. The minimum atomic E-state index is 0.424. The number of imidazole rings is 1. The fourth-order valence-electron chi connectivity index (χ4n) is 6.82. The topological polar surface area (TPSA) is 43.6 Å². The monoisotopic (exact) mass is 634 g/mol. The van der Waals surface area contributed by atoms with Crippen molar-refractivity contribution >= 4 is 22.1 Å². The standard InChI is InChI=1S/C45H38N4/c1-29(2)37-27-41-42(28-38(37)30(3)4)49(36-15-9-6-10-16-36)45(48-41)35-25-21-32(22-26-35)31-19-23-34(24-20-31)44-43(33-13-7-5-8-14-33)46-39-17-11-12-18-40(39)47-44/h5-30H,1-4H3. The van der Waals surface area contributed by atoms with E-state index < -0.39 is 0 Å². The van der Waals surface area contributed by atoms with Gasteiger partial charge in [0, 0.05) is 22.4 Å². The average molecular weight is 635 g/mol. The molecule has 0 unspecified atom stereocenters. The maximum atomic E-state index is 5.26. The Morgan fingerprint density at radius 1 is 0.408 bits per heavy atom. The molecule has 0 N–H and O–H groups in total. The Hall–Kier alpha value is -5.87. The molecule has 0 aliphatic heterocycles. The van der Waals surface area contributed by atoms with Crippen LogP contribution < -0.4 is 0 Å². The molecule has 2 heterocycles. The molecule has 0 radical (unpaired) electrons. The molecule has 0 amide bonds. The molecule has 0 saturated heterocycles. The van der Waals surface area contributed by atoms with Crippen LogP contribution >= 0.6 is 0 Å². The van der Waals surface area contributed by atoms with Gasteiger partial charge in [-0.05, 0) is 70.5 Å². The number of para-hydroxylation sites is 3. The van der Waals surface area contributed by atoms with E-state index in [9.17, 15) is 0 Å². The van der Waals surface area contributed by atoms with Gasteiger partial charge in [-0.25, -0.2) is 15.0 Å². The van der Waals surface area contributed by atoms with Gasteiger partial charge < -0.3 is 0 Å². The van der Waals surface area contributed by atoms with Crippen molar-refractivity contribution in [3.8, 4) is 50.7 Å². The quantitative estimate of drug-likeness (QED) is 0.175. The molecule has 0 atom stereocenters. The second-order valence-electron chi connectivity index (χ2n) is 13.3. The molecule has 0 aliphatic rings. The molecule has 49 heavy (non-hydrogen) atoms. The van der Waals surface area contributed by atoms with Crippen molar-refractivity contribution in [2.75, 3.05) is 0 Å². The van der Waals surface area contributed by atoms with Gasteiger partial charge in [0.2, 0.25) is 0 Å². The van der Waals surface area contributed by atoms with Gasteiger partial charge in [-0.2, -0.15) is 0 Å². The molecule has 6 aromatic carbocycles. The van der Waals surface area contributed by atoms with E-state index in [0.717, 1.165) is 72.8 Å². The Kier molecular flexibility index (Phi) is 7.85. The maximum Gasteiger partial charge on any atom is 0.145 e. The first-order valence-electron chi connectivity index (χ1n) is 17.1. The summed E-state index contributed by atoms with van der Waals surface area (Å²) in [6.07, 6.45) is 0. The molecule has 4 heteroatoms. The van der Waals surface area contributed by atoms with Gasteiger partial charge in [0.25, 0.3) is 0 Å². The zero-order valence-electron chi connectivity index (χ0n) is 28.3. The summed E-state index contributed by atoms with van der Waals surface area (Å²) in [7, 11) is 0. The summed E-state index contributed by atoms with van der Waals surface area (Å²) in [5.41, 5.74) is 15.0. The summed E-state index contributed by atoms with van der Waals surface area (Å²) >= 11 is 0. The zero-order chi connectivity index (χ0) is 33.5. The van der Waals surface area contributed by atoms with Gasteiger partial charge in [0.1, 0.15) is 5.82 Å². The average Bonchev–Trinajstić information content (AvgIpc) is 3.53. The lowest BCUT2D eigenvalue weighted by atomic mass is 9.90. The minimum Gasteiger partial charge on any atom is -0.292 e. The van der Waals surface area contributed by atoms with Crippen molar-refractivity contribution in [1.29, 1.82) is 0 Å². The second-order valence-corrected chi connectivity index (χ2v) is 13.3. The van der Waals surface area contributed by atoms with E-state index in [-0.39, 0.29) is 0 Å². The minimum absolute atomic E-state index is 0.424. The zero-order valence-corrected chi connectivity index (χ0v) is 28.3. The molecule has 0 bridgehead atoms. The Labute approximate surface area is 287 Å². The number of aromatic nitrogens is 4. The molecule has 0 aliphatic carbocycles. The van der Waals surface area contributed by atoms with E-state index in [0.29, 0.717) is 11.8 Å². The van der Waals surface area contributed by atoms with Crippen molar-refractivity contribution in [1.82, 2.24) is 19.5 Å². The SMILES string of the molecule is CC(C)c1cc2nc(-c3ccc(-c4ccc(-c5nc6ccccc6nc5-c5ccccc5)cc4)cc3)n(-c3ccccc3)c2cc1C(C)C. The lowest BCUT2D eigenvalue weighted by Crippen LogP contribution is -2.01. The maximum absolute atomic E-state index is 5.26. The summed E-state index contributed by atoms with van der Waals surface area (Å²) in [6.45, 7) is 9.09. The van der Waals surface area contributed by atoms with Crippen LogP contribution in [0.2, 0.25) is 0 Å². The highest BCUT2D eigenvalue weighted by Gasteiger charge is 2.20. The number of hydrogen-bond donors (Lipinski definition) is 0. The van der Waals surface area contributed by atoms with Crippen molar-refractivity contribution in [3.63, 3.8) is 0 Å². The highest BCUT2D eigenvalue weighted by molar-refractivity contribution is 5.88. The third kappa shape index (κ3) is 5.70. The molecule has 8 aromatic rings. The van der Waals surface area contributed by atoms with Crippen LogP contribution in [-0.4, -0.2) is 19.5 Å². The predicted molar refractivity (Wildman–Crippen MR) is 204 cm³/mol. The van der Waals surface area contributed by atoms with Crippen LogP contribution in [0.3, 0.4) is 0 Å². The Bertz CT molecular complexity index is 2410. The van der Waals surface area contributed by atoms with E-state index in [4.69, 9.17) is 15.0 Å². The smallest absolute Gasteiger partial charge is 0.145 e. The van der Waals surface area contributed by atoms with Crippen molar-refractivity contribution < 1.29 is 0 Å². The van der Waals surface area contributed by atoms with E-state index >= 15 is 0 Å². The van der Waals surface area contributed by atoms with Gasteiger partial charge in [-0.1, -0.05) is 137 Å². The van der Waals surface area contributed by atoms with Crippen LogP contribution in [0.5, 0.6) is 0 Å². The highest BCUT2D eigenvalue weighted by atomic mass is 15.1. The largest absolute Gasteiger partial charge is 0.292 e. The van der Waals surface area contributed by atoms with Gasteiger partial charge in [0.05, 0.1) is 33.5 Å². The van der Waals surface area contributed by atoms with E-state index in [1.54, 1.807) is 0 Å². The van der Waals surface area contributed by atoms with E-state index in [1.165, 1.54) is 11.1 Å². The third-order valence-corrected chi connectivity index (χ3v) is 9.37. The van der Waals surface area contributed by atoms with Gasteiger partial charge in [0.15, 0.2) is 0 Å². The van der Waals surface area contributed by atoms with Crippen LogP contribution in [0, 0.1) is 0 Å². The van der Waals surface area contributed by atoms with Crippen molar-refractivity contribution in [2.24, 2.45) is 0 Å². The molecule has 2 aromatic heterocycles. The van der Waals surface area contributed by atoms with Crippen LogP contribution in [0.25, 0.3) is 72.8 Å². The molecule has 4 nitrogen and oxygen atoms in total. The van der Waals surface area contributed by atoms with Crippen molar-refractivity contribution in [2.45, 2.75) is 39.5 Å². The van der Waals surface area contributed by atoms with Gasteiger partial charge in [-0.15, -0.1) is 0 Å².